The van der Waals surface area contributed by atoms with Crippen molar-refractivity contribution < 1.29 is 4.79 Å². The van der Waals surface area contributed by atoms with Crippen molar-refractivity contribution in [3.05, 3.63) is 51.0 Å². The predicted octanol–water partition coefficient (Wildman–Crippen LogP) is 3.55. The molecule has 88 valence electrons. The second kappa shape index (κ2) is 4.80. The van der Waals surface area contributed by atoms with Crippen LogP contribution in [0.15, 0.2) is 24.3 Å². The van der Waals surface area contributed by atoms with Crippen LogP contribution in [0, 0.1) is 13.8 Å². The lowest BCUT2D eigenvalue weighted by Crippen LogP contribution is -1.90. The number of aryl methyl sites for hydroxylation is 2. The lowest BCUT2D eigenvalue weighted by atomic mass is 10.1. The Morgan fingerprint density at radius 3 is 2.59 bits per heavy atom. The Labute approximate surface area is 105 Å². The smallest absolute Gasteiger partial charge is 0.171 e. The molecule has 0 N–H and O–H groups in total. The number of hydrogen-bond acceptors (Lipinski definition) is 3. The summed E-state index contributed by atoms with van der Waals surface area (Å²) in [4.78, 5) is 16.6. The lowest BCUT2D eigenvalue weighted by molar-refractivity contribution is 0.102. The minimum absolute atomic E-state index is 0.107. The number of Topliss-reactive ketones (excluding diaryl/α,β-unsaturated/α-hetero) is 1. The summed E-state index contributed by atoms with van der Waals surface area (Å²) >= 11 is 1.51. The van der Waals surface area contributed by atoms with Crippen molar-refractivity contribution in [2.45, 2.75) is 27.2 Å². The summed E-state index contributed by atoms with van der Waals surface area (Å²) < 4.78 is 0. The molecule has 17 heavy (non-hydrogen) atoms. The fraction of sp³-hybridized carbons (Fsp3) is 0.286. The van der Waals surface area contributed by atoms with E-state index in [9.17, 15) is 4.79 Å². The van der Waals surface area contributed by atoms with Crippen LogP contribution >= 0.6 is 11.3 Å². The highest BCUT2D eigenvalue weighted by molar-refractivity contribution is 7.13. The van der Waals surface area contributed by atoms with Crippen LogP contribution in [-0.4, -0.2) is 10.8 Å². The summed E-state index contributed by atoms with van der Waals surface area (Å²) in [7, 11) is 0. The zero-order chi connectivity index (χ0) is 12.4. The zero-order valence-electron chi connectivity index (χ0n) is 10.3. The van der Waals surface area contributed by atoms with Gasteiger partial charge >= 0.3 is 0 Å². The first kappa shape index (κ1) is 12.0. The molecule has 0 bridgehead atoms. The minimum Gasteiger partial charge on any atom is -0.294 e. The summed E-state index contributed by atoms with van der Waals surface area (Å²) in [5.74, 6) is 0.107. The van der Waals surface area contributed by atoms with E-state index in [1.54, 1.807) is 6.92 Å². The van der Waals surface area contributed by atoms with Crippen LogP contribution in [0.1, 0.15) is 38.4 Å². The number of ketones is 1. The van der Waals surface area contributed by atoms with Crippen LogP contribution in [0.4, 0.5) is 0 Å². The van der Waals surface area contributed by atoms with Gasteiger partial charge in [0.05, 0.1) is 15.6 Å². The monoisotopic (exact) mass is 245 g/mol. The molecule has 0 amide bonds. The summed E-state index contributed by atoms with van der Waals surface area (Å²) in [6.45, 7) is 5.59. The van der Waals surface area contributed by atoms with Crippen LogP contribution in [0.25, 0.3) is 0 Å². The standard InChI is InChI=1S/C14H15NOS/c1-9-6-4-5-7-12(9)8-13-15-10(2)14(17-13)11(3)16/h4-7H,8H2,1-3H3. The molecular weight excluding hydrogens is 230 g/mol. The molecule has 1 aromatic heterocycles. The molecule has 0 aliphatic carbocycles. The number of hydrogen-bond donors (Lipinski definition) is 0. The van der Waals surface area contributed by atoms with Crippen molar-refractivity contribution in [3.63, 3.8) is 0 Å². The normalized spacial score (nSPS) is 10.5. The molecule has 0 saturated carbocycles. The molecule has 0 atom stereocenters. The predicted molar refractivity (Wildman–Crippen MR) is 70.8 cm³/mol. The van der Waals surface area contributed by atoms with Crippen LogP contribution in [0.3, 0.4) is 0 Å². The first-order chi connectivity index (χ1) is 8.08. The number of carbonyl (C=O) groups is 1. The Hall–Kier alpha value is -1.48. The number of carbonyl (C=O) groups excluding carboxylic acids is 1. The van der Waals surface area contributed by atoms with Gasteiger partial charge in [-0.15, -0.1) is 11.3 Å². The van der Waals surface area contributed by atoms with E-state index in [1.807, 2.05) is 19.1 Å². The molecule has 1 heterocycles. The first-order valence-electron chi connectivity index (χ1n) is 5.59. The molecule has 0 radical (unpaired) electrons. The van der Waals surface area contributed by atoms with E-state index >= 15 is 0 Å². The van der Waals surface area contributed by atoms with Crippen LogP contribution < -0.4 is 0 Å². The van der Waals surface area contributed by atoms with Gasteiger partial charge in [0.25, 0.3) is 0 Å². The van der Waals surface area contributed by atoms with Crippen molar-refractivity contribution in [1.29, 1.82) is 0 Å². The van der Waals surface area contributed by atoms with Crippen molar-refractivity contribution in [3.8, 4) is 0 Å². The SMILES string of the molecule is CC(=O)c1sc(Cc2ccccc2C)nc1C. The number of aromatic nitrogens is 1. The molecule has 0 spiro atoms. The molecule has 0 aliphatic heterocycles. The molecule has 2 nitrogen and oxygen atoms in total. The van der Waals surface area contributed by atoms with Gasteiger partial charge in [-0.1, -0.05) is 24.3 Å². The minimum atomic E-state index is 0.107. The highest BCUT2D eigenvalue weighted by atomic mass is 32.1. The Bertz CT molecular complexity index is 557. The van der Waals surface area contributed by atoms with E-state index in [0.717, 1.165) is 22.0 Å². The van der Waals surface area contributed by atoms with Crippen LogP contribution in [-0.2, 0) is 6.42 Å². The first-order valence-corrected chi connectivity index (χ1v) is 6.41. The van der Waals surface area contributed by atoms with E-state index in [4.69, 9.17) is 0 Å². The molecular formula is C14H15NOS. The summed E-state index contributed by atoms with van der Waals surface area (Å²) in [5.41, 5.74) is 3.40. The van der Waals surface area contributed by atoms with E-state index in [2.05, 4.69) is 24.0 Å². The number of thiazole rings is 1. The summed E-state index contributed by atoms with van der Waals surface area (Å²) in [5, 5.41) is 1.02. The quantitative estimate of drug-likeness (QED) is 0.774. The molecule has 0 unspecified atom stereocenters. The fourth-order valence-electron chi connectivity index (χ4n) is 1.83. The molecule has 0 fully saturated rings. The highest BCUT2D eigenvalue weighted by Gasteiger charge is 2.12. The average molecular weight is 245 g/mol. The summed E-state index contributed by atoms with van der Waals surface area (Å²) in [6, 6.07) is 8.28. The van der Waals surface area contributed by atoms with Gasteiger partial charge in [0.1, 0.15) is 0 Å². The largest absolute Gasteiger partial charge is 0.294 e. The topological polar surface area (TPSA) is 30.0 Å². The van der Waals surface area contributed by atoms with Gasteiger partial charge in [0, 0.05) is 13.3 Å². The van der Waals surface area contributed by atoms with Crippen molar-refractivity contribution in [2.24, 2.45) is 0 Å². The Balaban J connectivity index is 2.28. The number of nitrogens with zero attached hydrogens (tertiary/aromatic N) is 1. The zero-order valence-corrected chi connectivity index (χ0v) is 11.1. The second-order valence-electron chi connectivity index (χ2n) is 4.18. The van der Waals surface area contributed by atoms with Gasteiger partial charge < -0.3 is 0 Å². The van der Waals surface area contributed by atoms with E-state index in [1.165, 1.54) is 22.5 Å². The van der Waals surface area contributed by atoms with Gasteiger partial charge in [-0.05, 0) is 25.0 Å². The number of rotatable bonds is 3. The molecule has 0 aliphatic rings. The maximum Gasteiger partial charge on any atom is 0.171 e. The summed E-state index contributed by atoms with van der Waals surface area (Å²) in [6.07, 6.45) is 0.811. The van der Waals surface area contributed by atoms with E-state index in [0.29, 0.717) is 0 Å². The fourth-order valence-corrected chi connectivity index (χ4v) is 2.81. The maximum atomic E-state index is 11.4. The van der Waals surface area contributed by atoms with Gasteiger partial charge in [0.15, 0.2) is 5.78 Å². The Morgan fingerprint density at radius 2 is 2.00 bits per heavy atom. The Morgan fingerprint density at radius 1 is 1.29 bits per heavy atom. The lowest BCUT2D eigenvalue weighted by Gasteiger charge is -2.01. The van der Waals surface area contributed by atoms with E-state index < -0.39 is 0 Å². The molecule has 2 rings (SSSR count). The molecule has 2 aromatic rings. The van der Waals surface area contributed by atoms with Gasteiger partial charge in [-0.3, -0.25) is 4.79 Å². The van der Waals surface area contributed by atoms with Gasteiger partial charge in [0.2, 0.25) is 0 Å². The van der Waals surface area contributed by atoms with Crippen molar-refractivity contribution in [1.82, 2.24) is 4.98 Å². The van der Waals surface area contributed by atoms with Crippen molar-refractivity contribution in [2.75, 3.05) is 0 Å². The van der Waals surface area contributed by atoms with E-state index in [-0.39, 0.29) is 5.78 Å². The van der Waals surface area contributed by atoms with Crippen molar-refractivity contribution >= 4 is 17.1 Å². The third-order valence-electron chi connectivity index (χ3n) is 2.76. The van der Waals surface area contributed by atoms with Crippen LogP contribution in [0.5, 0.6) is 0 Å². The molecule has 3 heteroatoms. The molecule has 0 saturated heterocycles. The van der Waals surface area contributed by atoms with Crippen LogP contribution in [0.2, 0.25) is 0 Å². The van der Waals surface area contributed by atoms with Gasteiger partial charge in [-0.25, -0.2) is 4.98 Å². The maximum absolute atomic E-state index is 11.4. The average Bonchev–Trinajstić information content (AvgIpc) is 2.63. The number of benzene rings is 1. The highest BCUT2D eigenvalue weighted by Crippen LogP contribution is 2.22. The third kappa shape index (κ3) is 2.61. The Kier molecular flexibility index (Phi) is 3.38. The van der Waals surface area contributed by atoms with Gasteiger partial charge in [-0.2, -0.15) is 0 Å². The third-order valence-corrected chi connectivity index (χ3v) is 4.02. The molecule has 1 aromatic carbocycles. The second-order valence-corrected chi connectivity index (χ2v) is 5.27.